The molecule has 2 fully saturated rings. The molecule has 2 amide bonds. The lowest BCUT2D eigenvalue weighted by atomic mass is 9.76. The van der Waals surface area contributed by atoms with Gasteiger partial charge in [-0.3, -0.25) is 14.6 Å². The first-order valence-corrected chi connectivity index (χ1v) is 10.3. The molecule has 2 bridgehead atoms. The van der Waals surface area contributed by atoms with Crippen molar-refractivity contribution in [3.05, 3.63) is 77.6 Å². The van der Waals surface area contributed by atoms with Crippen LogP contribution in [0.1, 0.15) is 16.8 Å². The number of aromatic nitrogens is 1. The molecular formula is C24H25N3O3. The summed E-state index contributed by atoms with van der Waals surface area (Å²) in [5.41, 5.74) is 2.39. The number of fused-ring (bicyclic) bond motifs is 1. The van der Waals surface area contributed by atoms with E-state index in [2.05, 4.69) is 11.1 Å². The van der Waals surface area contributed by atoms with Crippen LogP contribution in [-0.2, 0) is 27.4 Å². The van der Waals surface area contributed by atoms with Gasteiger partial charge in [-0.25, -0.2) is 0 Å². The predicted molar refractivity (Wildman–Crippen MR) is 111 cm³/mol. The molecule has 1 spiro atoms. The third-order valence-electron chi connectivity index (χ3n) is 6.42. The Bertz CT molecular complexity index is 1020. The van der Waals surface area contributed by atoms with Crippen LogP contribution < -0.4 is 0 Å². The molecule has 0 N–H and O–H groups in total. The highest BCUT2D eigenvalue weighted by atomic mass is 16.5. The van der Waals surface area contributed by atoms with Gasteiger partial charge in [-0.2, -0.15) is 0 Å². The molecule has 1 aromatic carbocycles. The van der Waals surface area contributed by atoms with Crippen LogP contribution >= 0.6 is 0 Å². The molecule has 6 heteroatoms. The molecule has 0 unspecified atom stereocenters. The van der Waals surface area contributed by atoms with E-state index in [0.717, 1.165) is 11.3 Å². The Morgan fingerprint density at radius 2 is 2.17 bits per heavy atom. The van der Waals surface area contributed by atoms with Gasteiger partial charge in [-0.15, -0.1) is 0 Å². The van der Waals surface area contributed by atoms with E-state index >= 15 is 0 Å². The van der Waals surface area contributed by atoms with Gasteiger partial charge < -0.3 is 14.5 Å². The average Bonchev–Trinajstić information content (AvgIpc) is 3.37. The molecule has 2 aromatic rings. The number of benzene rings is 1. The standard InChI is InChI=1S/C24H25N3O3/c1-16-6-5-7-17(12-16)13-27-15-24-10-9-19(30-24)20(21(24)23(27)29)22(28)26(2)14-18-8-3-4-11-25-18/h3-12,19-21H,13-15H2,1-2H3/t19-,20+,21-,24-/m0/s1. The smallest absolute Gasteiger partial charge is 0.230 e. The number of likely N-dealkylation sites (tertiary alicyclic amines) is 1. The maximum absolute atomic E-state index is 13.4. The molecule has 0 aliphatic carbocycles. The number of amides is 2. The van der Waals surface area contributed by atoms with Crippen molar-refractivity contribution in [3.8, 4) is 0 Å². The fourth-order valence-electron chi connectivity index (χ4n) is 5.09. The first-order chi connectivity index (χ1) is 14.5. The lowest BCUT2D eigenvalue weighted by Crippen LogP contribution is -2.44. The maximum atomic E-state index is 13.4. The van der Waals surface area contributed by atoms with Crippen molar-refractivity contribution in [2.45, 2.75) is 31.7 Å². The van der Waals surface area contributed by atoms with Crippen molar-refractivity contribution in [3.63, 3.8) is 0 Å². The van der Waals surface area contributed by atoms with E-state index in [9.17, 15) is 9.59 Å². The van der Waals surface area contributed by atoms with Gasteiger partial charge >= 0.3 is 0 Å². The normalized spacial score (nSPS) is 28.8. The van der Waals surface area contributed by atoms with Crippen LogP contribution in [-0.4, -0.2) is 51.9 Å². The summed E-state index contributed by atoms with van der Waals surface area (Å²) in [4.78, 5) is 34.5. The number of aryl methyl sites for hydroxylation is 1. The van der Waals surface area contributed by atoms with Crippen LogP contribution in [0.25, 0.3) is 0 Å². The molecule has 154 valence electrons. The molecule has 3 aliphatic rings. The Morgan fingerprint density at radius 3 is 2.93 bits per heavy atom. The molecule has 4 heterocycles. The summed E-state index contributed by atoms with van der Waals surface area (Å²) in [6.07, 6.45) is 5.34. The molecule has 6 nitrogen and oxygen atoms in total. The van der Waals surface area contributed by atoms with Gasteiger partial charge in [0.15, 0.2) is 0 Å². The van der Waals surface area contributed by atoms with Crippen molar-refractivity contribution in [2.24, 2.45) is 11.8 Å². The number of nitrogens with zero attached hydrogens (tertiary/aromatic N) is 3. The quantitative estimate of drug-likeness (QED) is 0.719. The number of hydrogen-bond donors (Lipinski definition) is 0. The Balaban J connectivity index is 1.36. The van der Waals surface area contributed by atoms with Crippen LogP contribution in [0, 0.1) is 18.8 Å². The zero-order valence-corrected chi connectivity index (χ0v) is 17.2. The van der Waals surface area contributed by atoms with Crippen LogP contribution in [0.3, 0.4) is 0 Å². The summed E-state index contributed by atoms with van der Waals surface area (Å²) >= 11 is 0. The van der Waals surface area contributed by atoms with Gasteiger partial charge in [0.2, 0.25) is 11.8 Å². The van der Waals surface area contributed by atoms with Crippen molar-refractivity contribution < 1.29 is 14.3 Å². The van der Waals surface area contributed by atoms with Crippen molar-refractivity contribution in [2.75, 3.05) is 13.6 Å². The monoisotopic (exact) mass is 403 g/mol. The van der Waals surface area contributed by atoms with Gasteiger partial charge in [0.05, 0.1) is 36.7 Å². The topological polar surface area (TPSA) is 62.7 Å². The Kier molecular flexibility index (Phi) is 4.47. The number of rotatable bonds is 5. The highest BCUT2D eigenvalue weighted by Crippen LogP contribution is 2.52. The number of pyridine rings is 1. The Hall–Kier alpha value is -2.99. The summed E-state index contributed by atoms with van der Waals surface area (Å²) in [7, 11) is 1.77. The molecule has 4 atom stereocenters. The first kappa shape index (κ1) is 19.0. The third kappa shape index (κ3) is 3.03. The zero-order chi connectivity index (χ0) is 20.9. The number of carbonyl (C=O) groups is 2. The minimum Gasteiger partial charge on any atom is -0.360 e. The largest absolute Gasteiger partial charge is 0.360 e. The molecule has 0 saturated carbocycles. The number of ether oxygens (including phenoxy) is 1. The highest BCUT2D eigenvalue weighted by molar-refractivity contribution is 5.93. The third-order valence-corrected chi connectivity index (χ3v) is 6.42. The van der Waals surface area contributed by atoms with E-state index in [0.29, 0.717) is 19.6 Å². The second-order valence-electron chi connectivity index (χ2n) is 8.60. The van der Waals surface area contributed by atoms with Gasteiger partial charge in [0.25, 0.3) is 0 Å². The van der Waals surface area contributed by atoms with Crippen LogP contribution in [0.2, 0.25) is 0 Å². The summed E-state index contributed by atoms with van der Waals surface area (Å²) in [6.45, 7) is 3.48. The van der Waals surface area contributed by atoms with Crippen molar-refractivity contribution in [1.29, 1.82) is 0 Å². The van der Waals surface area contributed by atoms with Crippen molar-refractivity contribution >= 4 is 11.8 Å². The number of carbonyl (C=O) groups excluding carboxylic acids is 2. The van der Waals surface area contributed by atoms with Crippen LogP contribution in [0.4, 0.5) is 0 Å². The molecule has 1 aromatic heterocycles. The maximum Gasteiger partial charge on any atom is 0.230 e. The van der Waals surface area contributed by atoms with Crippen LogP contribution in [0.15, 0.2) is 60.8 Å². The summed E-state index contributed by atoms with van der Waals surface area (Å²) in [6, 6.07) is 13.8. The van der Waals surface area contributed by atoms with Crippen molar-refractivity contribution in [1.82, 2.24) is 14.8 Å². The highest BCUT2D eigenvalue weighted by Gasteiger charge is 2.67. The molecule has 3 aliphatic heterocycles. The van der Waals surface area contributed by atoms with E-state index in [1.807, 2.05) is 60.4 Å². The molecule has 5 rings (SSSR count). The second kappa shape index (κ2) is 7.06. The van der Waals surface area contributed by atoms with E-state index in [-0.39, 0.29) is 17.9 Å². The van der Waals surface area contributed by atoms with E-state index in [1.165, 1.54) is 5.56 Å². The van der Waals surface area contributed by atoms with Crippen LogP contribution in [0.5, 0.6) is 0 Å². The minimum absolute atomic E-state index is 0.00735. The minimum atomic E-state index is -0.683. The van der Waals surface area contributed by atoms with E-state index in [1.54, 1.807) is 18.1 Å². The molecule has 2 saturated heterocycles. The van der Waals surface area contributed by atoms with Gasteiger partial charge in [0.1, 0.15) is 5.60 Å². The molecular weight excluding hydrogens is 378 g/mol. The average molecular weight is 403 g/mol. The van der Waals surface area contributed by atoms with E-state index < -0.39 is 17.4 Å². The van der Waals surface area contributed by atoms with Gasteiger partial charge in [-0.05, 0) is 24.6 Å². The predicted octanol–water partition coefficient (Wildman–Crippen LogP) is 2.33. The lowest BCUT2D eigenvalue weighted by Gasteiger charge is -2.27. The molecule has 30 heavy (non-hydrogen) atoms. The first-order valence-electron chi connectivity index (χ1n) is 10.3. The lowest BCUT2D eigenvalue weighted by molar-refractivity contribution is -0.142. The van der Waals surface area contributed by atoms with E-state index in [4.69, 9.17) is 4.74 Å². The summed E-state index contributed by atoms with van der Waals surface area (Å²) in [5, 5.41) is 0. The fraction of sp³-hybridized carbons (Fsp3) is 0.375. The molecule has 0 radical (unpaired) electrons. The van der Waals surface area contributed by atoms with Gasteiger partial charge in [0, 0.05) is 19.8 Å². The zero-order valence-electron chi connectivity index (χ0n) is 17.2. The Labute approximate surface area is 176 Å². The SMILES string of the molecule is Cc1cccc(CN2C[C@]34C=C[C@H](O3)[C@@H](C(=O)N(C)Cc3ccccn3)[C@H]4C2=O)c1. The number of hydrogen-bond acceptors (Lipinski definition) is 4. The summed E-state index contributed by atoms with van der Waals surface area (Å²) < 4.78 is 6.24. The second-order valence-corrected chi connectivity index (χ2v) is 8.60. The Morgan fingerprint density at radius 1 is 1.30 bits per heavy atom. The van der Waals surface area contributed by atoms with Gasteiger partial charge in [-0.1, -0.05) is 48.0 Å². The summed E-state index contributed by atoms with van der Waals surface area (Å²) in [5.74, 6) is -1.00. The fourth-order valence-corrected chi connectivity index (χ4v) is 5.09.